The number of benzene rings is 2. The molecule has 0 radical (unpaired) electrons. The molecule has 0 bridgehead atoms. The monoisotopic (exact) mass is 343 g/mol. The molecule has 4 heteroatoms. The summed E-state index contributed by atoms with van der Waals surface area (Å²) in [5, 5.41) is 6.52. The van der Waals surface area contributed by atoms with Crippen LogP contribution in [0.2, 0.25) is 0 Å². The van der Waals surface area contributed by atoms with Gasteiger partial charge in [0.05, 0.1) is 0 Å². The summed E-state index contributed by atoms with van der Waals surface area (Å²) in [4.78, 5) is 16.3. The predicted octanol–water partition coefficient (Wildman–Crippen LogP) is 3.98. The Hall–Kier alpha value is -2.98. The Morgan fingerprint density at radius 2 is 1.81 bits per heavy atom. The predicted molar refractivity (Wildman–Crippen MR) is 103 cm³/mol. The Balaban J connectivity index is 1.30. The highest BCUT2D eigenvalue weighted by Gasteiger charge is 2.37. The lowest BCUT2D eigenvalue weighted by molar-refractivity contribution is 0.102. The molecule has 2 aromatic carbocycles. The van der Waals surface area contributed by atoms with Crippen LogP contribution in [-0.4, -0.2) is 16.9 Å². The average molecular weight is 343 g/mol. The molecule has 2 atom stereocenters. The summed E-state index contributed by atoms with van der Waals surface area (Å²) < 4.78 is 0. The maximum atomic E-state index is 12.2. The molecule has 4 rings (SSSR count). The van der Waals surface area contributed by atoms with Crippen molar-refractivity contribution in [2.24, 2.45) is 0 Å². The molecule has 0 aliphatic heterocycles. The van der Waals surface area contributed by atoms with E-state index < -0.39 is 0 Å². The molecule has 0 unspecified atom stereocenters. The van der Waals surface area contributed by atoms with Crippen LogP contribution in [0.1, 0.15) is 33.8 Å². The molecular formula is C22H21N3O. The summed E-state index contributed by atoms with van der Waals surface area (Å²) in [5.41, 5.74) is 4.00. The fraction of sp³-hybridized carbons (Fsp3) is 0.182. The third-order valence-electron chi connectivity index (χ3n) is 4.71. The lowest BCUT2D eigenvalue weighted by Crippen LogP contribution is -2.17. The maximum Gasteiger partial charge on any atom is 0.255 e. The standard InChI is InChI=1S/C22H21N3O/c26-22(18-6-2-1-3-7-18)25-19-10-8-17(9-11-19)20-13-21(20)24-15-16-5-4-12-23-14-16/h1-12,14,20-21,24H,13,15H2,(H,25,26)/t20-,21+/m0/s1. The normalized spacial score (nSPS) is 18.3. The molecule has 4 nitrogen and oxygen atoms in total. The summed E-state index contributed by atoms with van der Waals surface area (Å²) >= 11 is 0. The molecule has 0 saturated heterocycles. The Morgan fingerprint density at radius 1 is 1.00 bits per heavy atom. The molecule has 1 aromatic heterocycles. The number of hydrogen-bond donors (Lipinski definition) is 2. The fourth-order valence-electron chi connectivity index (χ4n) is 3.15. The Labute approximate surface area is 153 Å². The molecule has 1 amide bonds. The van der Waals surface area contributed by atoms with Gasteiger partial charge in [-0.05, 0) is 47.9 Å². The van der Waals surface area contributed by atoms with Crippen LogP contribution in [0.3, 0.4) is 0 Å². The van der Waals surface area contributed by atoms with E-state index in [1.165, 1.54) is 11.1 Å². The highest BCUT2D eigenvalue weighted by atomic mass is 16.1. The Morgan fingerprint density at radius 3 is 2.54 bits per heavy atom. The van der Waals surface area contributed by atoms with Crippen molar-refractivity contribution < 1.29 is 4.79 Å². The van der Waals surface area contributed by atoms with Gasteiger partial charge < -0.3 is 10.6 Å². The summed E-state index contributed by atoms with van der Waals surface area (Å²) in [6.45, 7) is 0.847. The van der Waals surface area contributed by atoms with Gasteiger partial charge >= 0.3 is 0 Å². The van der Waals surface area contributed by atoms with Crippen LogP contribution >= 0.6 is 0 Å². The number of nitrogens with zero attached hydrogens (tertiary/aromatic N) is 1. The second kappa shape index (κ2) is 7.50. The van der Waals surface area contributed by atoms with Crippen LogP contribution in [-0.2, 0) is 6.54 Å². The largest absolute Gasteiger partial charge is 0.322 e. The van der Waals surface area contributed by atoms with E-state index in [0.29, 0.717) is 17.5 Å². The van der Waals surface area contributed by atoms with Gasteiger partial charge in [0.1, 0.15) is 0 Å². The number of nitrogens with one attached hydrogen (secondary N) is 2. The van der Waals surface area contributed by atoms with Gasteiger partial charge in [0.25, 0.3) is 5.91 Å². The van der Waals surface area contributed by atoms with E-state index >= 15 is 0 Å². The van der Waals surface area contributed by atoms with E-state index in [2.05, 4.69) is 33.8 Å². The highest BCUT2D eigenvalue weighted by Crippen LogP contribution is 2.41. The van der Waals surface area contributed by atoms with Crippen molar-refractivity contribution in [1.29, 1.82) is 0 Å². The first-order valence-corrected chi connectivity index (χ1v) is 8.88. The number of aromatic nitrogens is 1. The summed E-state index contributed by atoms with van der Waals surface area (Å²) in [5.74, 6) is 0.464. The highest BCUT2D eigenvalue weighted by molar-refractivity contribution is 6.04. The van der Waals surface area contributed by atoms with Gasteiger partial charge in [-0.3, -0.25) is 9.78 Å². The summed E-state index contributed by atoms with van der Waals surface area (Å²) in [6.07, 6.45) is 4.84. The molecule has 3 aromatic rings. The van der Waals surface area contributed by atoms with Gasteiger partial charge in [-0.25, -0.2) is 0 Å². The van der Waals surface area contributed by atoms with Gasteiger partial charge in [-0.15, -0.1) is 0 Å². The maximum absolute atomic E-state index is 12.2. The van der Waals surface area contributed by atoms with E-state index in [-0.39, 0.29) is 5.91 Å². The van der Waals surface area contributed by atoms with E-state index in [9.17, 15) is 4.79 Å². The molecular weight excluding hydrogens is 322 g/mol. The van der Waals surface area contributed by atoms with Gasteiger partial charge in [-0.2, -0.15) is 0 Å². The minimum absolute atomic E-state index is 0.0826. The van der Waals surface area contributed by atoms with Crippen LogP contribution in [0, 0.1) is 0 Å². The van der Waals surface area contributed by atoms with Gasteiger partial charge in [0.2, 0.25) is 0 Å². The quantitative estimate of drug-likeness (QED) is 0.712. The van der Waals surface area contributed by atoms with E-state index in [0.717, 1.165) is 18.7 Å². The number of carbonyl (C=O) groups is 1. The molecule has 1 saturated carbocycles. The van der Waals surface area contributed by atoms with Crippen LogP contribution in [0.4, 0.5) is 5.69 Å². The number of rotatable bonds is 6. The van der Waals surface area contributed by atoms with Crippen molar-refractivity contribution in [1.82, 2.24) is 10.3 Å². The molecule has 2 N–H and O–H groups in total. The number of anilines is 1. The fourth-order valence-corrected chi connectivity index (χ4v) is 3.15. The van der Waals surface area contributed by atoms with Crippen molar-refractivity contribution in [2.75, 3.05) is 5.32 Å². The summed E-state index contributed by atoms with van der Waals surface area (Å²) in [6, 6.07) is 22.0. The van der Waals surface area contributed by atoms with E-state index in [1.54, 1.807) is 6.20 Å². The van der Waals surface area contributed by atoms with Crippen molar-refractivity contribution in [3.05, 3.63) is 95.8 Å². The topological polar surface area (TPSA) is 54.0 Å². The minimum Gasteiger partial charge on any atom is -0.322 e. The Kier molecular flexibility index (Phi) is 4.75. The van der Waals surface area contributed by atoms with Gasteiger partial charge in [0, 0.05) is 42.1 Å². The number of carbonyl (C=O) groups excluding carboxylic acids is 1. The molecule has 1 heterocycles. The number of pyridine rings is 1. The van der Waals surface area contributed by atoms with Gasteiger partial charge in [0.15, 0.2) is 0 Å². The summed E-state index contributed by atoms with van der Waals surface area (Å²) in [7, 11) is 0. The molecule has 26 heavy (non-hydrogen) atoms. The second-order valence-electron chi connectivity index (χ2n) is 6.63. The van der Waals surface area contributed by atoms with Crippen molar-refractivity contribution in [3.63, 3.8) is 0 Å². The molecule has 0 spiro atoms. The zero-order valence-corrected chi connectivity index (χ0v) is 14.4. The first-order chi connectivity index (χ1) is 12.8. The van der Waals surface area contributed by atoms with E-state index in [4.69, 9.17) is 0 Å². The molecule has 1 aliphatic carbocycles. The van der Waals surface area contributed by atoms with Crippen molar-refractivity contribution in [3.8, 4) is 0 Å². The zero-order valence-electron chi connectivity index (χ0n) is 14.4. The van der Waals surface area contributed by atoms with Crippen LogP contribution in [0.5, 0.6) is 0 Å². The number of amides is 1. The lowest BCUT2D eigenvalue weighted by atomic mass is 10.1. The van der Waals surface area contributed by atoms with Crippen molar-refractivity contribution in [2.45, 2.75) is 24.9 Å². The molecule has 130 valence electrons. The average Bonchev–Trinajstić information content (AvgIpc) is 3.48. The first-order valence-electron chi connectivity index (χ1n) is 8.88. The lowest BCUT2D eigenvalue weighted by Gasteiger charge is -2.07. The van der Waals surface area contributed by atoms with Crippen LogP contribution in [0.15, 0.2) is 79.1 Å². The first kappa shape index (κ1) is 16.5. The SMILES string of the molecule is O=C(Nc1ccc([C@@H]2C[C@H]2NCc2cccnc2)cc1)c1ccccc1. The zero-order chi connectivity index (χ0) is 17.8. The Bertz CT molecular complexity index is 863. The molecule has 1 aliphatic rings. The smallest absolute Gasteiger partial charge is 0.255 e. The third kappa shape index (κ3) is 3.98. The van der Waals surface area contributed by atoms with Crippen LogP contribution < -0.4 is 10.6 Å². The second-order valence-corrected chi connectivity index (χ2v) is 6.63. The minimum atomic E-state index is -0.0826. The third-order valence-corrected chi connectivity index (χ3v) is 4.71. The van der Waals surface area contributed by atoms with Crippen molar-refractivity contribution >= 4 is 11.6 Å². The van der Waals surface area contributed by atoms with Gasteiger partial charge in [-0.1, -0.05) is 36.4 Å². The number of hydrogen-bond acceptors (Lipinski definition) is 3. The van der Waals surface area contributed by atoms with E-state index in [1.807, 2.05) is 54.7 Å². The van der Waals surface area contributed by atoms with Crippen LogP contribution in [0.25, 0.3) is 0 Å². The molecule has 1 fully saturated rings.